The Morgan fingerprint density at radius 1 is 1.04 bits per heavy atom. The molecule has 2 N–H and O–H groups in total. The average Bonchev–Trinajstić information content (AvgIpc) is 2.66. The molecule has 0 aliphatic rings. The van der Waals surface area contributed by atoms with Gasteiger partial charge in [-0.1, -0.05) is 12.1 Å². The number of hydrogen-bond acceptors (Lipinski definition) is 4. The molecule has 0 fully saturated rings. The first kappa shape index (κ1) is 21.5. The van der Waals surface area contributed by atoms with Crippen LogP contribution in [0.15, 0.2) is 53.4 Å². The molecule has 0 heterocycles. The maximum Gasteiger partial charge on any atom is 0.251 e. The summed E-state index contributed by atoms with van der Waals surface area (Å²) >= 11 is 0. The van der Waals surface area contributed by atoms with Gasteiger partial charge < -0.3 is 10.6 Å². The van der Waals surface area contributed by atoms with Crippen LogP contribution in [0.5, 0.6) is 0 Å². The first-order chi connectivity index (χ1) is 13.1. The number of amides is 2. The minimum atomic E-state index is -3.51. The predicted octanol–water partition coefficient (Wildman–Crippen LogP) is 1.68. The van der Waals surface area contributed by atoms with E-state index in [2.05, 4.69) is 10.6 Å². The van der Waals surface area contributed by atoms with Gasteiger partial charge in [0.15, 0.2) is 0 Å². The van der Waals surface area contributed by atoms with Gasteiger partial charge in [0, 0.05) is 19.7 Å². The third-order valence-electron chi connectivity index (χ3n) is 4.05. The molecule has 150 valence electrons. The molecule has 28 heavy (non-hydrogen) atoms. The second-order valence-electron chi connectivity index (χ2n) is 6.34. The van der Waals surface area contributed by atoms with Gasteiger partial charge >= 0.3 is 0 Å². The molecule has 2 aromatic rings. The first-order valence-corrected chi connectivity index (χ1v) is 9.91. The Morgan fingerprint density at radius 3 is 2.14 bits per heavy atom. The van der Waals surface area contributed by atoms with E-state index in [4.69, 9.17) is 0 Å². The summed E-state index contributed by atoms with van der Waals surface area (Å²) in [5.74, 6) is -1.35. The third-order valence-corrected chi connectivity index (χ3v) is 5.88. The van der Waals surface area contributed by atoms with Crippen LogP contribution in [0.4, 0.5) is 4.39 Å². The highest BCUT2D eigenvalue weighted by Gasteiger charge is 2.18. The lowest BCUT2D eigenvalue weighted by Gasteiger charge is -2.16. The Bertz CT molecular complexity index is 942. The zero-order valence-corrected chi connectivity index (χ0v) is 16.6. The van der Waals surface area contributed by atoms with Crippen LogP contribution in [0.1, 0.15) is 28.9 Å². The Kier molecular flexibility index (Phi) is 6.87. The molecule has 2 amide bonds. The average molecular weight is 407 g/mol. The van der Waals surface area contributed by atoms with Gasteiger partial charge in [-0.3, -0.25) is 9.59 Å². The van der Waals surface area contributed by atoms with Crippen molar-refractivity contribution in [1.29, 1.82) is 0 Å². The molecule has 0 aromatic heterocycles. The van der Waals surface area contributed by atoms with Gasteiger partial charge in [0.2, 0.25) is 15.9 Å². The summed E-state index contributed by atoms with van der Waals surface area (Å²) in [4.78, 5) is 24.1. The van der Waals surface area contributed by atoms with Gasteiger partial charge in [0.05, 0.1) is 17.5 Å². The van der Waals surface area contributed by atoms with Crippen molar-refractivity contribution >= 4 is 21.8 Å². The molecule has 0 spiro atoms. The van der Waals surface area contributed by atoms with E-state index < -0.39 is 27.7 Å². The number of rotatable bonds is 7. The molecule has 2 aromatic carbocycles. The lowest BCUT2D eigenvalue weighted by molar-refractivity contribution is -0.120. The molecular formula is C19H22FN3O4S. The van der Waals surface area contributed by atoms with E-state index >= 15 is 0 Å². The Labute approximate surface area is 163 Å². The smallest absolute Gasteiger partial charge is 0.251 e. The van der Waals surface area contributed by atoms with Crippen molar-refractivity contribution in [3.63, 3.8) is 0 Å². The quantitative estimate of drug-likeness (QED) is 0.730. The molecule has 0 saturated carbocycles. The molecule has 9 heteroatoms. The highest BCUT2D eigenvalue weighted by atomic mass is 32.2. The maximum absolute atomic E-state index is 12.9. The standard InChI is InChI=1S/C19H22FN3O4S/c1-13(14-6-10-17(11-7-14)28(26,27)23(2)3)22-18(24)12-21-19(25)15-4-8-16(20)9-5-15/h4-11,13H,12H2,1-3H3,(H,21,25)(H,22,24). The fourth-order valence-electron chi connectivity index (χ4n) is 2.38. The summed E-state index contributed by atoms with van der Waals surface area (Å²) in [5.41, 5.74) is 0.968. The van der Waals surface area contributed by atoms with Crippen LogP contribution in [-0.4, -0.2) is 45.2 Å². The second-order valence-corrected chi connectivity index (χ2v) is 8.49. The van der Waals surface area contributed by atoms with E-state index in [1.165, 1.54) is 38.4 Å². The number of nitrogens with one attached hydrogen (secondary N) is 2. The summed E-state index contributed by atoms with van der Waals surface area (Å²) in [6.07, 6.45) is 0. The highest BCUT2D eigenvalue weighted by Crippen LogP contribution is 2.18. The van der Waals surface area contributed by atoms with Gasteiger partial charge in [-0.15, -0.1) is 0 Å². The molecular weight excluding hydrogens is 385 g/mol. The zero-order valence-electron chi connectivity index (χ0n) is 15.8. The first-order valence-electron chi connectivity index (χ1n) is 8.47. The number of hydrogen-bond donors (Lipinski definition) is 2. The van der Waals surface area contributed by atoms with Gasteiger partial charge in [0.1, 0.15) is 5.82 Å². The highest BCUT2D eigenvalue weighted by molar-refractivity contribution is 7.89. The van der Waals surface area contributed by atoms with E-state index in [9.17, 15) is 22.4 Å². The largest absolute Gasteiger partial charge is 0.348 e. The van der Waals surface area contributed by atoms with Crippen molar-refractivity contribution in [3.05, 3.63) is 65.5 Å². The Balaban J connectivity index is 1.91. The lowest BCUT2D eigenvalue weighted by Crippen LogP contribution is -2.38. The van der Waals surface area contributed by atoms with Gasteiger partial charge in [-0.2, -0.15) is 0 Å². The van der Waals surface area contributed by atoms with Crippen LogP contribution in [0.25, 0.3) is 0 Å². The minimum absolute atomic E-state index is 0.159. The molecule has 0 aliphatic heterocycles. The van der Waals surface area contributed by atoms with E-state index in [1.807, 2.05) is 0 Å². The van der Waals surface area contributed by atoms with Gasteiger partial charge in [0.25, 0.3) is 5.91 Å². The van der Waals surface area contributed by atoms with E-state index in [0.29, 0.717) is 0 Å². The van der Waals surface area contributed by atoms with E-state index in [-0.39, 0.29) is 23.0 Å². The maximum atomic E-state index is 12.9. The van der Waals surface area contributed by atoms with Crippen LogP contribution in [0, 0.1) is 5.82 Å². The molecule has 0 bridgehead atoms. The van der Waals surface area contributed by atoms with Crippen LogP contribution >= 0.6 is 0 Å². The zero-order chi connectivity index (χ0) is 20.9. The number of nitrogens with zero attached hydrogens (tertiary/aromatic N) is 1. The molecule has 7 nitrogen and oxygen atoms in total. The third kappa shape index (κ3) is 5.37. The summed E-state index contributed by atoms with van der Waals surface area (Å²) in [7, 11) is -0.613. The molecule has 1 atom stereocenters. The normalized spacial score (nSPS) is 12.5. The van der Waals surface area contributed by atoms with Crippen molar-refractivity contribution in [2.75, 3.05) is 20.6 Å². The summed E-state index contributed by atoms with van der Waals surface area (Å²) in [5, 5.41) is 5.18. The molecule has 2 rings (SSSR count). The molecule has 0 radical (unpaired) electrons. The molecule has 0 aliphatic carbocycles. The number of carbonyl (C=O) groups is 2. The van der Waals surface area contributed by atoms with Gasteiger partial charge in [-0.05, 0) is 48.9 Å². The number of sulfonamides is 1. The van der Waals surface area contributed by atoms with Crippen LogP contribution in [0.2, 0.25) is 0 Å². The van der Waals surface area contributed by atoms with Crippen LogP contribution < -0.4 is 10.6 Å². The van der Waals surface area contributed by atoms with Gasteiger partial charge in [-0.25, -0.2) is 17.1 Å². The molecule has 0 saturated heterocycles. The lowest BCUT2D eigenvalue weighted by atomic mass is 10.1. The van der Waals surface area contributed by atoms with Crippen molar-refractivity contribution in [3.8, 4) is 0 Å². The van der Waals surface area contributed by atoms with E-state index in [1.54, 1.807) is 19.1 Å². The van der Waals surface area contributed by atoms with Crippen molar-refractivity contribution < 1.29 is 22.4 Å². The summed E-state index contributed by atoms with van der Waals surface area (Å²) in [6, 6.07) is 10.8. The Morgan fingerprint density at radius 2 is 1.61 bits per heavy atom. The number of benzene rings is 2. The van der Waals surface area contributed by atoms with Crippen LogP contribution in [-0.2, 0) is 14.8 Å². The Hall–Kier alpha value is -2.78. The summed E-state index contributed by atoms with van der Waals surface area (Å²) in [6.45, 7) is 1.50. The predicted molar refractivity (Wildman–Crippen MR) is 103 cm³/mol. The molecule has 1 unspecified atom stereocenters. The SMILES string of the molecule is CC(NC(=O)CNC(=O)c1ccc(F)cc1)c1ccc(S(=O)(=O)N(C)C)cc1. The topological polar surface area (TPSA) is 95.6 Å². The van der Waals surface area contributed by atoms with E-state index in [0.717, 1.165) is 22.0 Å². The second kappa shape index (κ2) is 8.94. The number of carbonyl (C=O) groups excluding carboxylic acids is 2. The summed E-state index contributed by atoms with van der Waals surface area (Å²) < 4.78 is 38.1. The fourth-order valence-corrected chi connectivity index (χ4v) is 3.28. The van der Waals surface area contributed by atoms with Crippen molar-refractivity contribution in [1.82, 2.24) is 14.9 Å². The minimum Gasteiger partial charge on any atom is -0.348 e. The van der Waals surface area contributed by atoms with Crippen molar-refractivity contribution in [2.45, 2.75) is 17.9 Å². The fraction of sp³-hybridized carbons (Fsp3) is 0.263. The van der Waals surface area contributed by atoms with Crippen LogP contribution in [0.3, 0.4) is 0 Å². The monoisotopic (exact) mass is 407 g/mol. The number of halogens is 1. The van der Waals surface area contributed by atoms with Crippen molar-refractivity contribution in [2.24, 2.45) is 0 Å².